The van der Waals surface area contributed by atoms with Crippen LogP contribution in [0.15, 0.2) is 193 Å². The van der Waals surface area contributed by atoms with E-state index in [0.717, 1.165) is 28.3 Å². The van der Waals surface area contributed by atoms with Gasteiger partial charge in [0.25, 0.3) is 0 Å². The lowest BCUT2D eigenvalue weighted by Gasteiger charge is -2.28. The molecule has 0 radical (unpaired) electrons. The molecule has 0 aliphatic carbocycles. The lowest BCUT2D eigenvalue weighted by atomic mass is 9.94. The monoisotopic (exact) mass is 731 g/mol. The number of aliphatic imine (C=N–C) groups is 1. The summed E-state index contributed by atoms with van der Waals surface area (Å²) in [5.74, 6) is 0. The van der Waals surface area contributed by atoms with Gasteiger partial charge in [0.1, 0.15) is 0 Å². The Morgan fingerprint density at radius 1 is 0.482 bits per heavy atom. The quantitative estimate of drug-likeness (QED) is 0.192. The molecule has 4 heteroatoms. The van der Waals surface area contributed by atoms with Crippen LogP contribution >= 0.6 is 11.3 Å². The number of anilines is 1. The second-order valence-corrected chi connectivity index (χ2v) is 15.8. The smallest absolute Gasteiger partial charge is 0.0947 e. The number of fused-ring (bicyclic) bond motifs is 11. The topological polar surface area (TPSA) is 29.3 Å². The molecule has 0 fully saturated rings. The standard InChI is InChI=1S/C52H33N3S/c1-3-13-32(14-4-1)40-30-46-49(39-20-10-9-19-38(39)40)41-29-42-48(56-47-28-25-33-15-7-8-18-37(33)50(42)47)31-45(41)55(46)36-26-23-35(24-27-36)52-51(34-16-5-2-6-17-34)53-43-21-11-12-22-44(43)54-52/h1-31,52,54H. The Kier molecular flexibility index (Phi) is 6.86. The number of nitrogens with zero attached hydrogens (tertiary/aromatic N) is 2. The maximum Gasteiger partial charge on any atom is 0.0947 e. The van der Waals surface area contributed by atoms with E-state index in [0.29, 0.717) is 0 Å². The van der Waals surface area contributed by atoms with E-state index >= 15 is 0 Å². The van der Waals surface area contributed by atoms with Crippen molar-refractivity contribution in [1.29, 1.82) is 0 Å². The largest absolute Gasteiger partial charge is 0.371 e. The highest BCUT2D eigenvalue weighted by atomic mass is 32.1. The first-order chi connectivity index (χ1) is 27.8. The highest BCUT2D eigenvalue weighted by Gasteiger charge is 2.26. The molecule has 0 saturated heterocycles. The van der Waals surface area contributed by atoms with E-state index < -0.39 is 0 Å². The predicted molar refractivity (Wildman–Crippen MR) is 240 cm³/mol. The lowest BCUT2D eigenvalue weighted by Crippen LogP contribution is -2.24. The van der Waals surface area contributed by atoms with Crippen molar-refractivity contribution >= 4 is 91.9 Å². The number of hydrogen-bond donors (Lipinski definition) is 1. The van der Waals surface area contributed by atoms with Crippen molar-refractivity contribution in [3.8, 4) is 16.8 Å². The van der Waals surface area contributed by atoms with Crippen molar-refractivity contribution in [2.45, 2.75) is 6.04 Å². The second kappa shape index (κ2) is 12.3. The van der Waals surface area contributed by atoms with Gasteiger partial charge in [0.15, 0.2) is 0 Å². The normalized spacial score (nSPS) is 14.1. The molecule has 9 aromatic carbocycles. The van der Waals surface area contributed by atoms with Crippen LogP contribution in [0.1, 0.15) is 17.2 Å². The van der Waals surface area contributed by atoms with Gasteiger partial charge in [-0.1, -0.05) is 140 Å². The summed E-state index contributed by atoms with van der Waals surface area (Å²) in [4.78, 5) is 5.21. The Morgan fingerprint density at radius 2 is 1.18 bits per heavy atom. The van der Waals surface area contributed by atoms with Crippen LogP contribution in [0.2, 0.25) is 0 Å². The van der Waals surface area contributed by atoms with Crippen molar-refractivity contribution in [3.05, 3.63) is 199 Å². The van der Waals surface area contributed by atoms with Gasteiger partial charge in [0.05, 0.1) is 34.2 Å². The van der Waals surface area contributed by atoms with E-state index in [1.54, 1.807) is 0 Å². The molecule has 0 bridgehead atoms. The van der Waals surface area contributed by atoms with Crippen LogP contribution in [0.4, 0.5) is 11.4 Å². The molecule has 0 spiro atoms. The van der Waals surface area contributed by atoms with Gasteiger partial charge in [-0.3, -0.25) is 0 Å². The number of rotatable bonds is 4. The van der Waals surface area contributed by atoms with Crippen LogP contribution < -0.4 is 5.32 Å². The summed E-state index contributed by atoms with van der Waals surface area (Å²) >= 11 is 1.89. The number of aromatic nitrogens is 1. The van der Waals surface area contributed by atoms with Crippen LogP contribution in [0, 0.1) is 0 Å². The van der Waals surface area contributed by atoms with Gasteiger partial charge < -0.3 is 9.88 Å². The predicted octanol–water partition coefficient (Wildman–Crippen LogP) is 14.4. The molecule has 56 heavy (non-hydrogen) atoms. The molecular formula is C52H33N3S. The zero-order valence-corrected chi connectivity index (χ0v) is 31.1. The molecule has 262 valence electrons. The highest BCUT2D eigenvalue weighted by Crippen LogP contribution is 2.46. The third kappa shape index (κ3) is 4.73. The minimum Gasteiger partial charge on any atom is -0.371 e. The molecule has 1 unspecified atom stereocenters. The van der Waals surface area contributed by atoms with Gasteiger partial charge in [0, 0.05) is 36.6 Å². The number of nitrogens with one attached hydrogen (secondary N) is 1. The number of benzene rings is 9. The van der Waals surface area contributed by atoms with Gasteiger partial charge in [-0.2, -0.15) is 0 Å². The maximum atomic E-state index is 5.21. The van der Waals surface area contributed by atoms with E-state index in [1.165, 1.54) is 80.2 Å². The number of hydrogen-bond acceptors (Lipinski definition) is 3. The van der Waals surface area contributed by atoms with Crippen LogP contribution in [0.5, 0.6) is 0 Å². The Balaban J connectivity index is 1.12. The molecule has 12 rings (SSSR count). The summed E-state index contributed by atoms with van der Waals surface area (Å²) in [6.07, 6.45) is 0. The first-order valence-corrected chi connectivity index (χ1v) is 20.0. The SMILES string of the molecule is c1ccc(C2=Nc3ccccc3NC2c2ccc(-n3c4cc5sc6ccc7ccccc7c6c5cc4c4c5ccccc5c(-c5ccccc5)cc43)cc2)cc1. The zero-order chi connectivity index (χ0) is 36.7. The molecule has 3 heterocycles. The molecule has 1 N–H and O–H groups in total. The first kappa shape index (κ1) is 31.4. The first-order valence-electron chi connectivity index (χ1n) is 19.2. The molecule has 11 aromatic rings. The van der Waals surface area contributed by atoms with Crippen molar-refractivity contribution in [3.63, 3.8) is 0 Å². The molecule has 0 amide bonds. The van der Waals surface area contributed by atoms with Crippen molar-refractivity contribution in [2.24, 2.45) is 4.99 Å². The molecule has 3 nitrogen and oxygen atoms in total. The second-order valence-electron chi connectivity index (χ2n) is 14.7. The van der Waals surface area contributed by atoms with E-state index in [2.05, 4.69) is 198 Å². The fraction of sp³-hybridized carbons (Fsp3) is 0.0192. The van der Waals surface area contributed by atoms with Crippen LogP contribution in [0.3, 0.4) is 0 Å². The zero-order valence-electron chi connectivity index (χ0n) is 30.3. The van der Waals surface area contributed by atoms with E-state index in [-0.39, 0.29) is 6.04 Å². The van der Waals surface area contributed by atoms with Crippen molar-refractivity contribution in [2.75, 3.05) is 5.32 Å². The minimum absolute atomic E-state index is 0.0962. The van der Waals surface area contributed by atoms with Crippen molar-refractivity contribution in [1.82, 2.24) is 4.57 Å². The van der Waals surface area contributed by atoms with Gasteiger partial charge >= 0.3 is 0 Å². The molecule has 1 aliphatic rings. The average Bonchev–Trinajstić information content (AvgIpc) is 3.80. The number of thiophene rings is 1. The highest BCUT2D eigenvalue weighted by molar-refractivity contribution is 7.26. The Morgan fingerprint density at radius 3 is 2.00 bits per heavy atom. The van der Waals surface area contributed by atoms with E-state index in [1.807, 2.05) is 11.3 Å². The van der Waals surface area contributed by atoms with E-state index in [4.69, 9.17) is 4.99 Å². The Labute approximate surface area is 327 Å². The third-order valence-corrected chi connectivity index (χ3v) is 12.7. The van der Waals surface area contributed by atoms with Crippen molar-refractivity contribution < 1.29 is 0 Å². The van der Waals surface area contributed by atoms with Gasteiger partial charge in [-0.05, 0) is 92.3 Å². The lowest BCUT2D eigenvalue weighted by molar-refractivity contribution is 1.01. The van der Waals surface area contributed by atoms with Crippen LogP contribution in [-0.4, -0.2) is 10.3 Å². The summed E-state index contributed by atoms with van der Waals surface area (Å²) in [6, 6.07) is 68.3. The summed E-state index contributed by atoms with van der Waals surface area (Å²) < 4.78 is 5.11. The van der Waals surface area contributed by atoms with Gasteiger partial charge in [-0.25, -0.2) is 4.99 Å². The molecule has 0 saturated carbocycles. The Bertz CT molecular complexity index is 3370. The van der Waals surface area contributed by atoms with Crippen LogP contribution in [0.25, 0.3) is 80.3 Å². The van der Waals surface area contributed by atoms with Gasteiger partial charge in [0.2, 0.25) is 0 Å². The van der Waals surface area contributed by atoms with Crippen LogP contribution in [-0.2, 0) is 0 Å². The average molecular weight is 732 g/mol. The summed E-state index contributed by atoms with van der Waals surface area (Å²) in [5.41, 5.74) is 11.3. The fourth-order valence-electron chi connectivity index (χ4n) is 9.06. The molecular weight excluding hydrogens is 699 g/mol. The van der Waals surface area contributed by atoms with E-state index in [9.17, 15) is 0 Å². The third-order valence-electron chi connectivity index (χ3n) is 11.6. The molecule has 2 aromatic heterocycles. The maximum absolute atomic E-state index is 5.21. The summed E-state index contributed by atoms with van der Waals surface area (Å²) in [7, 11) is 0. The van der Waals surface area contributed by atoms with Gasteiger partial charge in [-0.15, -0.1) is 11.3 Å². The molecule has 1 aliphatic heterocycles. The number of para-hydroxylation sites is 2. The minimum atomic E-state index is -0.0962. The molecule has 1 atom stereocenters. The Hall–Kier alpha value is -7.01. The fourth-order valence-corrected chi connectivity index (χ4v) is 10.2. The summed E-state index contributed by atoms with van der Waals surface area (Å²) in [5, 5.41) is 14.2. The summed E-state index contributed by atoms with van der Waals surface area (Å²) in [6.45, 7) is 0.